The zero-order chi connectivity index (χ0) is 16.9. The van der Waals surface area contributed by atoms with E-state index < -0.39 is 0 Å². The molecule has 1 aromatic carbocycles. The largest absolute Gasteiger partial charge is 0.381 e. The van der Waals surface area contributed by atoms with Crippen LogP contribution in [-0.2, 0) is 4.74 Å². The fourth-order valence-electron chi connectivity index (χ4n) is 3.36. The quantitative estimate of drug-likeness (QED) is 0.821. The van der Waals surface area contributed by atoms with Crippen LogP contribution < -0.4 is 5.56 Å². The van der Waals surface area contributed by atoms with Crippen LogP contribution in [0.2, 0.25) is 0 Å². The van der Waals surface area contributed by atoms with E-state index in [1.54, 1.807) is 11.8 Å². The van der Waals surface area contributed by atoms with Gasteiger partial charge in [-0.05, 0) is 62.1 Å². The number of hydrogen-bond donors (Lipinski definition) is 1. The van der Waals surface area contributed by atoms with E-state index in [-0.39, 0.29) is 11.5 Å². The summed E-state index contributed by atoms with van der Waals surface area (Å²) in [4.78, 5) is 16.5. The summed E-state index contributed by atoms with van der Waals surface area (Å²) in [6.07, 6.45) is 5.36. The Labute approximate surface area is 147 Å². The fraction of sp³-hybridized carbons (Fsp3) is 0.450. The lowest BCUT2D eigenvalue weighted by atomic mass is 9.83. The minimum Gasteiger partial charge on any atom is -0.381 e. The molecule has 0 spiro atoms. The molecule has 1 N–H and O–H groups in total. The summed E-state index contributed by atoms with van der Waals surface area (Å²) in [5.41, 5.74) is 3.08. The zero-order valence-corrected chi connectivity index (χ0v) is 15.2. The van der Waals surface area contributed by atoms with Gasteiger partial charge in [0.25, 0.3) is 5.56 Å². The minimum atomic E-state index is 0.0187. The van der Waals surface area contributed by atoms with Crippen LogP contribution >= 0.6 is 11.8 Å². The Morgan fingerprint density at radius 1 is 1.17 bits per heavy atom. The van der Waals surface area contributed by atoms with Crippen molar-refractivity contribution in [3.05, 3.63) is 63.6 Å². The van der Waals surface area contributed by atoms with Crippen LogP contribution in [0.5, 0.6) is 0 Å². The molecule has 1 fully saturated rings. The molecule has 24 heavy (non-hydrogen) atoms. The Bertz CT molecular complexity index is 717. The van der Waals surface area contributed by atoms with Gasteiger partial charge < -0.3 is 9.72 Å². The van der Waals surface area contributed by atoms with Gasteiger partial charge in [0, 0.05) is 35.3 Å². The molecule has 0 bridgehead atoms. The van der Waals surface area contributed by atoms with Gasteiger partial charge >= 0.3 is 0 Å². The number of nitrogens with one attached hydrogen (secondary N) is 1. The molecule has 1 unspecified atom stereocenters. The maximum Gasteiger partial charge on any atom is 0.251 e. The van der Waals surface area contributed by atoms with Crippen LogP contribution in [0.3, 0.4) is 0 Å². The monoisotopic (exact) mass is 343 g/mol. The molecule has 3 nitrogen and oxygen atoms in total. The molecule has 2 aromatic rings. The van der Waals surface area contributed by atoms with Crippen molar-refractivity contribution >= 4 is 11.8 Å². The molecule has 0 radical (unpaired) electrons. The van der Waals surface area contributed by atoms with E-state index in [1.807, 2.05) is 13.0 Å². The molecule has 4 heteroatoms. The van der Waals surface area contributed by atoms with E-state index in [1.165, 1.54) is 10.5 Å². The second-order valence-electron chi connectivity index (χ2n) is 6.54. The molecule has 1 atom stereocenters. The molecular formula is C20H25NO2S. The molecule has 0 saturated carbocycles. The molecule has 3 rings (SSSR count). The third-order valence-electron chi connectivity index (χ3n) is 4.93. The third-order valence-corrected chi connectivity index (χ3v) is 5.68. The van der Waals surface area contributed by atoms with Crippen LogP contribution in [0.1, 0.15) is 42.0 Å². The smallest absolute Gasteiger partial charge is 0.251 e. The van der Waals surface area contributed by atoms with Crippen LogP contribution in [0.25, 0.3) is 0 Å². The van der Waals surface area contributed by atoms with Crippen LogP contribution in [-0.4, -0.2) is 24.5 Å². The van der Waals surface area contributed by atoms with Crippen LogP contribution in [0, 0.1) is 12.8 Å². The lowest BCUT2D eigenvalue weighted by molar-refractivity contribution is 0.0626. The van der Waals surface area contributed by atoms with Gasteiger partial charge in [-0.3, -0.25) is 4.79 Å². The number of rotatable bonds is 5. The van der Waals surface area contributed by atoms with Crippen molar-refractivity contribution in [2.24, 2.45) is 5.92 Å². The van der Waals surface area contributed by atoms with Crippen molar-refractivity contribution in [3.63, 3.8) is 0 Å². The van der Waals surface area contributed by atoms with Crippen molar-refractivity contribution in [3.8, 4) is 0 Å². The van der Waals surface area contributed by atoms with Crippen LogP contribution in [0.15, 0.2) is 46.1 Å². The van der Waals surface area contributed by atoms with E-state index in [2.05, 4.69) is 41.6 Å². The van der Waals surface area contributed by atoms with Gasteiger partial charge in [-0.15, -0.1) is 11.8 Å². The molecule has 1 aliphatic heterocycles. The van der Waals surface area contributed by atoms with Gasteiger partial charge in [-0.25, -0.2) is 0 Å². The molecule has 1 aliphatic rings. The Morgan fingerprint density at radius 3 is 2.50 bits per heavy atom. The van der Waals surface area contributed by atoms with E-state index in [4.69, 9.17) is 4.74 Å². The van der Waals surface area contributed by atoms with Crippen molar-refractivity contribution in [2.45, 2.75) is 37.0 Å². The summed E-state index contributed by atoms with van der Waals surface area (Å²) < 4.78 is 5.50. The number of benzene rings is 1. The number of pyridine rings is 1. The van der Waals surface area contributed by atoms with E-state index in [0.717, 1.165) is 43.7 Å². The summed E-state index contributed by atoms with van der Waals surface area (Å²) in [6, 6.07) is 12.7. The van der Waals surface area contributed by atoms with E-state index in [0.29, 0.717) is 5.92 Å². The predicted molar refractivity (Wildman–Crippen MR) is 100 cm³/mol. The van der Waals surface area contributed by atoms with E-state index in [9.17, 15) is 4.79 Å². The summed E-state index contributed by atoms with van der Waals surface area (Å²) in [5.74, 6) is 0.881. The second-order valence-corrected chi connectivity index (χ2v) is 7.42. The fourth-order valence-corrected chi connectivity index (χ4v) is 3.77. The average Bonchev–Trinajstić information content (AvgIpc) is 2.63. The van der Waals surface area contributed by atoms with Crippen molar-refractivity contribution < 1.29 is 4.74 Å². The van der Waals surface area contributed by atoms with Gasteiger partial charge in [-0.1, -0.05) is 18.2 Å². The topological polar surface area (TPSA) is 42.1 Å². The maximum atomic E-state index is 12.1. The highest BCUT2D eigenvalue weighted by molar-refractivity contribution is 7.98. The number of aryl methyl sites for hydroxylation is 1. The third kappa shape index (κ3) is 4.11. The summed E-state index contributed by atoms with van der Waals surface area (Å²) in [5, 5.41) is 0. The van der Waals surface area contributed by atoms with E-state index >= 15 is 0 Å². The van der Waals surface area contributed by atoms with Gasteiger partial charge in [0.05, 0.1) is 0 Å². The zero-order valence-electron chi connectivity index (χ0n) is 14.4. The number of aromatic amines is 1. The van der Waals surface area contributed by atoms with Crippen molar-refractivity contribution in [1.82, 2.24) is 4.98 Å². The van der Waals surface area contributed by atoms with Gasteiger partial charge in [-0.2, -0.15) is 0 Å². The highest BCUT2D eigenvalue weighted by Gasteiger charge is 2.23. The molecule has 1 aromatic heterocycles. The SMILES string of the molecule is CSc1ccc(C(CC2CCOCC2)c2ccc(C)c(=O)[nH]2)cc1. The van der Waals surface area contributed by atoms with Crippen molar-refractivity contribution in [1.29, 1.82) is 0 Å². The second kappa shape index (κ2) is 8.04. The Morgan fingerprint density at radius 2 is 1.88 bits per heavy atom. The molecule has 0 aliphatic carbocycles. The maximum absolute atomic E-state index is 12.1. The highest BCUT2D eigenvalue weighted by atomic mass is 32.2. The number of hydrogen-bond acceptors (Lipinski definition) is 3. The number of aromatic nitrogens is 1. The first kappa shape index (κ1) is 17.3. The molecule has 128 valence electrons. The first-order valence-electron chi connectivity index (χ1n) is 8.59. The Kier molecular flexibility index (Phi) is 5.80. The lowest BCUT2D eigenvalue weighted by Crippen LogP contribution is -2.21. The molecule has 2 heterocycles. The number of H-pyrrole nitrogens is 1. The van der Waals surface area contributed by atoms with Crippen LogP contribution in [0.4, 0.5) is 0 Å². The van der Waals surface area contributed by atoms with Gasteiger partial charge in [0.2, 0.25) is 0 Å². The Balaban J connectivity index is 1.91. The average molecular weight is 343 g/mol. The highest BCUT2D eigenvalue weighted by Crippen LogP contribution is 2.34. The number of ether oxygens (including phenoxy) is 1. The minimum absolute atomic E-state index is 0.0187. The number of thioether (sulfide) groups is 1. The molecule has 0 amide bonds. The van der Waals surface area contributed by atoms with Gasteiger partial charge in [0.1, 0.15) is 0 Å². The predicted octanol–water partition coefficient (Wildman–Crippen LogP) is 4.35. The molecule has 1 saturated heterocycles. The first-order chi connectivity index (χ1) is 11.7. The van der Waals surface area contributed by atoms with Crippen molar-refractivity contribution in [2.75, 3.05) is 19.5 Å². The summed E-state index contributed by atoms with van der Waals surface area (Å²) >= 11 is 1.75. The normalized spacial score (nSPS) is 16.9. The summed E-state index contributed by atoms with van der Waals surface area (Å²) in [7, 11) is 0. The Hall–Kier alpha value is -1.52. The van der Waals surface area contributed by atoms with Gasteiger partial charge in [0.15, 0.2) is 0 Å². The lowest BCUT2D eigenvalue weighted by Gasteiger charge is -2.27. The standard InChI is InChI=1S/C20H25NO2S/c1-14-3-8-19(21-20(14)22)18(13-15-9-11-23-12-10-15)16-4-6-17(24-2)7-5-16/h3-8,15,18H,9-13H2,1-2H3,(H,21,22). The summed E-state index contributed by atoms with van der Waals surface area (Å²) in [6.45, 7) is 3.56. The first-order valence-corrected chi connectivity index (χ1v) is 9.81. The molecular weight excluding hydrogens is 318 g/mol.